The molecule has 27 valence electrons. The second-order valence-electron chi connectivity index (χ2n) is 0. The van der Waals surface area contributed by atoms with Gasteiger partial charge in [0.2, 0.25) is 0 Å². The molecule has 0 aromatic rings. The summed E-state index contributed by atoms with van der Waals surface area (Å²) in [6.45, 7) is 0. The first kappa shape index (κ1) is 28.7. The van der Waals surface area contributed by atoms with Gasteiger partial charge >= 0.3 is 0 Å². The van der Waals surface area contributed by atoms with Gasteiger partial charge in [0, 0.05) is 0 Å². The van der Waals surface area contributed by atoms with Crippen LogP contribution < -0.4 is 5.73 Å². The van der Waals surface area contributed by atoms with Gasteiger partial charge < -0.3 is 5.73 Å². The predicted octanol–water partition coefficient (Wildman–Crippen LogP) is 0.201. The molecule has 0 atom stereocenters. The first-order valence-corrected chi connectivity index (χ1v) is 0.577. The van der Waals surface area contributed by atoms with Crippen molar-refractivity contribution in [3.05, 3.63) is 7.43 Å². The monoisotopic (exact) mass is 80.0 g/mol. The van der Waals surface area contributed by atoms with E-state index in [4.69, 9.17) is 0 Å². The lowest BCUT2D eigenvalue weighted by atomic mass is 11.6. The number of hydrogen-bond acceptors (Lipinski definition) is 1. The Kier molecular flexibility index (Phi) is 1890. The van der Waals surface area contributed by atoms with Crippen molar-refractivity contribution in [2.75, 3.05) is 7.05 Å². The highest BCUT2D eigenvalue weighted by Gasteiger charge is 0.836. The Labute approximate surface area is 33.6 Å². The maximum absolute atomic E-state index is 4.50. The minimum absolute atomic E-state index is 0. The van der Waals surface area contributed by atoms with Gasteiger partial charge in [0.05, 0.1) is 0 Å². The molecular formula is C2H7ClN. The summed E-state index contributed by atoms with van der Waals surface area (Å²) < 4.78 is 0. The molecule has 0 bridgehead atoms. The van der Waals surface area contributed by atoms with Gasteiger partial charge in [0.15, 0.2) is 0 Å². The highest BCUT2D eigenvalue weighted by atomic mass is 35.5. The summed E-state index contributed by atoms with van der Waals surface area (Å²) in [6, 6.07) is 0. The Bertz CT molecular complexity index is 6.00. The van der Waals surface area contributed by atoms with E-state index in [1.54, 1.807) is 0 Å². The van der Waals surface area contributed by atoms with Crippen LogP contribution in [0, 0.1) is 7.43 Å². The topological polar surface area (TPSA) is 26.0 Å². The Hall–Kier alpha value is 0.250. The SMILES string of the molecule is CN.Cl.[CH]. The van der Waals surface area contributed by atoms with Crippen molar-refractivity contribution >= 4 is 12.4 Å². The standard InChI is InChI=1S/CH5N.CH.ClH/c1-2;;/h2H2,1H3;2*1H. The average Bonchev–Trinajstić information content (AvgIpc) is 1.00. The average molecular weight is 80.5 g/mol. The zero-order valence-corrected chi connectivity index (χ0v) is 3.38. The third-order valence-corrected chi connectivity index (χ3v) is 0. The Morgan fingerprint density at radius 3 is 1.25 bits per heavy atom. The fourth-order valence-corrected chi connectivity index (χ4v) is 0. The van der Waals surface area contributed by atoms with Gasteiger partial charge in [-0.25, -0.2) is 0 Å². The van der Waals surface area contributed by atoms with Gasteiger partial charge in [0.1, 0.15) is 0 Å². The highest BCUT2D eigenvalue weighted by Crippen LogP contribution is 0.690. The van der Waals surface area contributed by atoms with Gasteiger partial charge in [-0.1, -0.05) is 0 Å². The molecule has 0 aliphatic heterocycles. The van der Waals surface area contributed by atoms with Crippen LogP contribution in [0.1, 0.15) is 0 Å². The van der Waals surface area contributed by atoms with Crippen molar-refractivity contribution in [3.8, 4) is 0 Å². The molecule has 1 nitrogen and oxygen atoms in total. The maximum Gasteiger partial charge on any atom is -0.0195 e. The molecule has 0 spiro atoms. The van der Waals surface area contributed by atoms with Crippen LogP contribution in [-0.2, 0) is 0 Å². The van der Waals surface area contributed by atoms with Crippen LogP contribution in [0.15, 0.2) is 0 Å². The summed E-state index contributed by atoms with van der Waals surface area (Å²) in [4.78, 5) is 0. The molecule has 3 radical (unpaired) electrons. The van der Waals surface area contributed by atoms with Crippen LogP contribution >= 0.6 is 12.4 Å². The fourth-order valence-electron chi connectivity index (χ4n) is 0. The van der Waals surface area contributed by atoms with Crippen molar-refractivity contribution in [1.29, 1.82) is 0 Å². The number of nitrogens with two attached hydrogens (primary N) is 1. The van der Waals surface area contributed by atoms with E-state index >= 15 is 0 Å². The van der Waals surface area contributed by atoms with Crippen LogP contribution in [0.4, 0.5) is 0 Å². The van der Waals surface area contributed by atoms with Crippen molar-refractivity contribution in [2.24, 2.45) is 5.73 Å². The molecule has 0 saturated carbocycles. The zero-order chi connectivity index (χ0) is 2.00. The molecule has 0 amide bonds. The van der Waals surface area contributed by atoms with Crippen LogP contribution in [0.2, 0.25) is 0 Å². The normalized spacial score (nSPS) is 1.50. The molecule has 0 aliphatic rings. The van der Waals surface area contributed by atoms with Gasteiger partial charge in [-0.05, 0) is 14.5 Å². The first-order valence-electron chi connectivity index (χ1n) is 0.577. The molecule has 0 unspecified atom stereocenters. The molecule has 4 heavy (non-hydrogen) atoms. The van der Waals surface area contributed by atoms with Crippen molar-refractivity contribution in [2.45, 2.75) is 0 Å². The van der Waals surface area contributed by atoms with E-state index in [-0.39, 0.29) is 19.8 Å². The van der Waals surface area contributed by atoms with Crippen LogP contribution in [0.5, 0.6) is 0 Å². The third-order valence-electron chi connectivity index (χ3n) is 0. The van der Waals surface area contributed by atoms with Crippen molar-refractivity contribution < 1.29 is 0 Å². The molecular weight excluding hydrogens is 73.5 g/mol. The minimum atomic E-state index is 0. The van der Waals surface area contributed by atoms with Gasteiger partial charge in [-0.3, -0.25) is 0 Å². The number of halogens is 1. The molecule has 0 aliphatic carbocycles. The Morgan fingerprint density at radius 2 is 1.25 bits per heavy atom. The minimum Gasteiger partial charge on any atom is -0.333 e. The Morgan fingerprint density at radius 1 is 1.25 bits per heavy atom. The van der Waals surface area contributed by atoms with E-state index in [1.807, 2.05) is 0 Å². The summed E-state index contributed by atoms with van der Waals surface area (Å²) in [5, 5.41) is 0. The maximum atomic E-state index is 4.50. The molecule has 0 aromatic carbocycles. The van der Waals surface area contributed by atoms with E-state index < -0.39 is 0 Å². The van der Waals surface area contributed by atoms with Crippen molar-refractivity contribution in [3.63, 3.8) is 0 Å². The zero-order valence-electron chi connectivity index (χ0n) is 2.56. The lowest BCUT2D eigenvalue weighted by Gasteiger charge is -1.19. The summed E-state index contributed by atoms with van der Waals surface area (Å²) in [5.74, 6) is 0. The number of hydrogen-bond donors (Lipinski definition) is 1. The van der Waals surface area contributed by atoms with E-state index in [0.717, 1.165) is 0 Å². The third kappa shape index (κ3) is 56.3. The highest BCUT2D eigenvalue weighted by molar-refractivity contribution is 5.85. The summed E-state index contributed by atoms with van der Waals surface area (Å²) in [7, 11) is 1.50. The van der Waals surface area contributed by atoms with Crippen molar-refractivity contribution in [1.82, 2.24) is 0 Å². The molecule has 2 heteroatoms. The summed E-state index contributed by atoms with van der Waals surface area (Å²) in [5.41, 5.74) is 4.50. The fraction of sp³-hybridized carbons (Fsp3) is 0.500. The smallest absolute Gasteiger partial charge is 0.0195 e. The van der Waals surface area contributed by atoms with E-state index in [1.165, 1.54) is 7.05 Å². The van der Waals surface area contributed by atoms with Crippen LogP contribution in [0.25, 0.3) is 0 Å². The quantitative estimate of drug-likeness (QED) is 0.442. The van der Waals surface area contributed by atoms with Gasteiger partial charge in [-0.15, -0.1) is 12.4 Å². The first-order chi connectivity index (χ1) is 1.00. The summed E-state index contributed by atoms with van der Waals surface area (Å²) in [6.07, 6.45) is 0. The van der Waals surface area contributed by atoms with E-state index in [0.29, 0.717) is 0 Å². The molecule has 0 fully saturated rings. The lowest BCUT2D eigenvalue weighted by Crippen LogP contribution is -1.69. The van der Waals surface area contributed by atoms with Crippen LogP contribution in [-0.4, -0.2) is 7.05 Å². The largest absolute Gasteiger partial charge is 0.333 e. The summed E-state index contributed by atoms with van der Waals surface area (Å²) >= 11 is 0. The van der Waals surface area contributed by atoms with E-state index in [9.17, 15) is 0 Å². The molecule has 2 N–H and O–H groups in total. The molecule has 0 heterocycles. The Balaban J connectivity index is -0.00000000500. The van der Waals surface area contributed by atoms with Crippen LogP contribution in [0.3, 0.4) is 0 Å². The van der Waals surface area contributed by atoms with E-state index in [2.05, 4.69) is 5.73 Å². The lowest BCUT2D eigenvalue weighted by molar-refractivity contribution is 1.48. The predicted molar refractivity (Wildman–Crippen MR) is 21.7 cm³/mol. The van der Waals surface area contributed by atoms with Gasteiger partial charge in [-0.2, -0.15) is 0 Å². The second kappa shape index (κ2) is 263. The molecule has 0 saturated heterocycles. The molecule has 0 aromatic heterocycles. The van der Waals surface area contributed by atoms with Gasteiger partial charge in [0.25, 0.3) is 0 Å². The number of rotatable bonds is 0. The second-order valence-corrected chi connectivity index (χ2v) is 0. The molecule has 0 rings (SSSR count).